The maximum Gasteiger partial charge on any atom is 0.410 e. The summed E-state index contributed by atoms with van der Waals surface area (Å²) in [5.74, 6) is 0.559. The van der Waals surface area contributed by atoms with Gasteiger partial charge in [-0.3, -0.25) is 4.79 Å². The highest BCUT2D eigenvalue weighted by molar-refractivity contribution is 9.10. The molecule has 1 atom stereocenters. The number of rotatable bonds is 5. The van der Waals surface area contributed by atoms with Crippen molar-refractivity contribution in [1.82, 2.24) is 9.80 Å². The van der Waals surface area contributed by atoms with Crippen LogP contribution >= 0.6 is 15.9 Å². The number of hydrogen-bond acceptors (Lipinski definition) is 4. The Balaban J connectivity index is 1.67. The van der Waals surface area contributed by atoms with Crippen LogP contribution in [0, 0.1) is 0 Å². The lowest BCUT2D eigenvalue weighted by Crippen LogP contribution is -2.54. The van der Waals surface area contributed by atoms with E-state index in [1.54, 1.807) is 9.80 Å². The minimum atomic E-state index is -0.648. The van der Waals surface area contributed by atoms with E-state index in [2.05, 4.69) is 15.9 Å². The number of piperazine rings is 1. The van der Waals surface area contributed by atoms with E-state index >= 15 is 0 Å². The summed E-state index contributed by atoms with van der Waals surface area (Å²) in [6, 6.07) is 17.3. The third-order valence-electron chi connectivity index (χ3n) is 4.86. The zero-order valence-corrected chi connectivity index (χ0v) is 19.8. The van der Waals surface area contributed by atoms with Gasteiger partial charge in [0.05, 0.1) is 0 Å². The van der Waals surface area contributed by atoms with Crippen LogP contribution in [-0.4, -0.2) is 59.7 Å². The van der Waals surface area contributed by atoms with Gasteiger partial charge in [-0.25, -0.2) is 4.79 Å². The van der Waals surface area contributed by atoms with Gasteiger partial charge in [0, 0.05) is 37.1 Å². The summed E-state index contributed by atoms with van der Waals surface area (Å²) in [4.78, 5) is 29.1. The molecule has 2 aromatic rings. The summed E-state index contributed by atoms with van der Waals surface area (Å²) in [6.45, 7) is 7.32. The number of benzene rings is 2. The molecule has 1 heterocycles. The summed E-state index contributed by atoms with van der Waals surface area (Å²) in [5.41, 5.74) is 0.492. The fourth-order valence-corrected chi connectivity index (χ4v) is 3.73. The van der Waals surface area contributed by atoms with Crippen LogP contribution < -0.4 is 4.74 Å². The topological polar surface area (TPSA) is 59.1 Å². The van der Waals surface area contributed by atoms with E-state index in [4.69, 9.17) is 9.47 Å². The van der Waals surface area contributed by atoms with E-state index in [-0.39, 0.29) is 12.0 Å². The Bertz CT molecular complexity index is 890. The molecular weight excluding hydrogens is 460 g/mol. The SMILES string of the molecule is CC(C)(C)OC(=O)N1CCN(C(=O)C(Cc2ccccc2)Oc2cccc(Br)c2)CC1. The van der Waals surface area contributed by atoms with E-state index in [1.807, 2.05) is 75.4 Å². The van der Waals surface area contributed by atoms with Crippen LogP contribution in [0.4, 0.5) is 4.79 Å². The first-order chi connectivity index (χ1) is 14.7. The number of halogens is 1. The van der Waals surface area contributed by atoms with E-state index < -0.39 is 11.7 Å². The second kappa shape index (κ2) is 10.2. The maximum absolute atomic E-state index is 13.4. The van der Waals surface area contributed by atoms with Gasteiger partial charge in [0.15, 0.2) is 6.10 Å². The van der Waals surface area contributed by atoms with Gasteiger partial charge >= 0.3 is 6.09 Å². The lowest BCUT2D eigenvalue weighted by atomic mass is 10.1. The quantitative estimate of drug-likeness (QED) is 0.620. The second-order valence-electron chi connectivity index (χ2n) is 8.55. The van der Waals surface area contributed by atoms with Crippen molar-refractivity contribution in [3.63, 3.8) is 0 Å². The first-order valence-electron chi connectivity index (χ1n) is 10.4. The Morgan fingerprint density at radius 1 is 0.968 bits per heavy atom. The van der Waals surface area contributed by atoms with Crippen LogP contribution in [0.3, 0.4) is 0 Å². The zero-order chi connectivity index (χ0) is 22.4. The van der Waals surface area contributed by atoms with E-state index in [9.17, 15) is 9.59 Å². The second-order valence-corrected chi connectivity index (χ2v) is 9.46. The average molecular weight is 489 g/mol. The normalized spacial score (nSPS) is 15.4. The van der Waals surface area contributed by atoms with Crippen molar-refractivity contribution in [2.45, 2.75) is 38.9 Å². The van der Waals surface area contributed by atoms with Crippen molar-refractivity contribution in [1.29, 1.82) is 0 Å². The molecular formula is C24H29BrN2O4. The Morgan fingerprint density at radius 3 is 2.23 bits per heavy atom. The molecule has 0 saturated carbocycles. The van der Waals surface area contributed by atoms with Crippen LogP contribution in [0.5, 0.6) is 5.75 Å². The van der Waals surface area contributed by atoms with Crippen molar-refractivity contribution in [3.8, 4) is 5.75 Å². The maximum atomic E-state index is 13.4. The molecule has 0 N–H and O–H groups in total. The van der Waals surface area contributed by atoms with Crippen LogP contribution in [0.1, 0.15) is 26.3 Å². The molecule has 3 rings (SSSR count). The predicted octanol–water partition coefficient (Wildman–Crippen LogP) is 4.52. The first-order valence-corrected chi connectivity index (χ1v) is 11.2. The summed E-state index contributed by atoms with van der Waals surface area (Å²) in [5, 5.41) is 0. The molecule has 1 aliphatic rings. The molecule has 0 radical (unpaired) electrons. The van der Waals surface area contributed by atoms with E-state index in [0.717, 1.165) is 10.0 Å². The zero-order valence-electron chi connectivity index (χ0n) is 18.2. The summed E-state index contributed by atoms with van der Waals surface area (Å²) in [7, 11) is 0. The van der Waals surface area contributed by atoms with Crippen LogP contribution in [-0.2, 0) is 16.0 Å². The lowest BCUT2D eigenvalue weighted by molar-refractivity contribution is -0.140. The number of amides is 2. The molecule has 1 fully saturated rings. The third kappa shape index (κ3) is 6.99. The number of carbonyl (C=O) groups is 2. The standard InChI is InChI=1S/C24H29BrN2O4/c1-24(2,3)31-23(29)27-14-12-26(13-15-27)22(28)21(16-18-8-5-4-6-9-18)30-20-11-7-10-19(25)17-20/h4-11,17,21H,12-16H2,1-3H3. The molecule has 2 aromatic carbocycles. The molecule has 1 saturated heterocycles. The minimum Gasteiger partial charge on any atom is -0.480 e. The Kier molecular flexibility index (Phi) is 7.59. The Labute approximate surface area is 192 Å². The molecule has 166 valence electrons. The van der Waals surface area contributed by atoms with Crippen molar-refractivity contribution >= 4 is 27.9 Å². The number of nitrogens with zero attached hydrogens (tertiary/aromatic N) is 2. The van der Waals surface area contributed by atoms with Crippen LogP contribution in [0.15, 0.2) is 59.1 Å². The first kappa shape index (κ1) is 23.1. The van der Waals surface area contributed by atoms with Crippen LogP contribution in [0.2, 0.25) is 0 Å². The van der Waals surface area contributed by atoms with Gasteiger partial charge in [0.25, 0.3) is 5.91 Å². The van der Waals surface area contributed by atoms with Gasteiger partial charge in [-0.05, 0) is 44.5 Å². The number of hydrogen-bond donors (Lipinski definition) is 0. The fraction of sp³-hybridized carbons (Fsp3) is 0.417. The molecule has 1 aliphatic heterocycles. The largest absolute Gasteiger partial charge is 0.480 e. The molecule has 6 nitrogen and oxygen atoms in total. The van der Waals surface area contributed by atoms with Gasteiger partial charge in [-0.15, -0.1) is 0 Å². The molecule has 1 unspecified atom stereocenters. The van der Waals surface area contributed by atoms with E-state index in [0.29, 0.717) is 38.3 Å². The number of ether oxygens (including phenoxy) is 2. The summed E-state index contributed by atoms with van der Waals surface area (Å²) < 4.78 is 12.5. The number of carbonyl (C=O) groups excluding carboxylic acids is 2. The van der Waals surface area contributed by atoms with Gasteiger partial charge < -0.3 is 19.3 Å². The Hall–Kier alpha value is -2.54. The van der Waals surface area contributed by atoms with Gasteiger partial charge in [0.2, 0.25) is 0 Å². The predicted molar refractivity (Wildman–Crippen MR) is 123 cm³/mol. The molecule has 7 heteroatoms. The average Bonchev–Trinajstić information content (AvgIpc) is 2.72. The highest BCUT2D eigenvalue weighted by Gasteiger charge is 2.32. The summed E-state index contributed by atoms with van der Waals surface area (Å²) in [6.07, 6.45) is -0.519. The summed E-state index contributed by atoms with van der Waals surface area (Å²) >= 11 is 3.45. The van der Waals surface area contributed by atoms with Crippen LogP contribution in [0.25, 0.3) is 0 Å². The lowest BCUT2D eigenvalue weighted by Gasteiger charge is -2.37. The molecule has 0 aromatic heterocycles. The van der Waals surface area contributed by atoms with E-state index in [1.165, 1.54) is 0 Å². The fourth-order valence-electron chi connectivity index (χ4n) is 3.35. The monoisotopic (exact) mass is 488 g/mol. The third-order valence-corrected chi connectivity index (χ3v) is 5.35. The molecule has 0 aliphatic carbocycles. The minimum absolute atomic E-state index is 0.0762. The molecule has 0 spiro atoms. The van der Waals surface area contributed by atoms with Crippen molar-refractivity contribution < 1.29 is 19.1 Å². The van der Waals surface area contributed by atoms with Gasteiger partial charge in [-0.2, -0.15) is 0 Å². The highest BCUT2D eigenvalue weighted by atomic mass is 79.9. The van der Waals surface area contributed by atoms with Gasteiger partial charge in [-0.1, -0.05) is 52.3 Å². The Morgan fingerprint density at radius 2 is 1.61 bits per heavy atom. The molecule has 2 amide bonds. The van der Waals surface area contributed by atoms with Crippen molar-refractivity contribution in [2.75, 3.05) is 26.2 Å². The van der Waals surface area contributed by atoms with Gasteiger partial charge in [0.1, 0.15) is 11.4 Å². The molecule has 31 heavy (non-hydrogen) atoms. The van der Waals surface area contributed by atoms with Crippen molar-refractivity contribution in [3.05, 3.63) is 64.6 Å². The highest BCUT2D eigenvalue weighted by Crippen LogP contribution is 2.21. The van der Waals surface area contributed by atoms with Crippen molar-refractivity contribution in [2.24, 2.45) is 0 Å². The molecule has 0 bridgehead atoms. The smallest absolute Gasteiger partial charge is 0.410 e.